The number of benzene rings is 1. The summed E-state index contributed by atoms with van der Waals surface area (Å²) in [4.78, 5) is 0. The third-order valence-corrected chi connectivity index (χ3v) is 2.46. The number of hydrogen-bond donors (Lipinski definition) is 1. The van der Waals surface area contributed by atoms with E-state index in [0.29, 0.717) is 0 Å². The van der Waals surface area contributed by atoms with Crippen LogP contribution in [0.1, 0.15) is 31.2 Å². The zero-order valence-corrected chi connectivity index (χ0v) is 9.93. The predicted molar refractivity (Wildman–Crippen MR) is 68.3 cm³/mol. The Morgan fingerprint density at radius 1 is 1.25 bits per heavy atom. The average Bonchev–Trinajstić information content (AvgIpc) is 2.22. The Morgan fingerprint density at radius 3 is 2.75 bits per heavy atom. The lowest BCUT2D eigenvalue weighted by molar-refractivity contribution is 0.627. The van der Waals surface area contributed by atoms with Crippen molar-refractivity contribution in [3.63, 3.8) is 0 Å². The molecule has 1 aromatic rings. The van der Waals surface area contributed by atoms with E-state index in [1.165, 1.54) is 25.0 Å². The quantitative estimate of drug-likeness (QED) is 0.535. The number of unbranched alkanes of at least 4 members (excludes halogenated alkanes) is 3. The molecule has 0 bridgehead atoms. The molecule has 0 aliphatic heterocycles. The van der Waals surface area contributed by atoms with Crippen LogP contribution in [0.5, 0.6) is 0 Å². The highest BCUT2D eigenvalue weighted by molar-refractivity contribution is 5.45. The molecular formula is C14H20FN. The Balaban J connectivity index is 2.23. The molecule has 2 heteroatoms. The van der Waals surface area contributed by atoms with Crippen LogP contribution in [0.4, 0.5) is 10.1 Å². The number of halogens is 1. The van der Waals surface area contributed by atoms with Gasteiger partial charge in [-0.1, -0.05) is 12.5 Å². The lowest BCUT2D eigenvalue weighted by atomic mass is 10.2. The molecule has 0 atom stereocenters. The van der Waals surface area contributed by atoms with Crippen molar-refractivity contribution in [1.82, 2.24) is 0 Å². The van der Waals surface area contributed by atoms with Crippen molar-refractivity contribution >= 4 is 5.69 Å². The molecule has 1 N–H and O–H groups in total. The Morgan fingerprint density at radius 2 is 2.06 bits per heavy atom. The van der Waals surface area contributed by atoms with Gasteiger partial charge in [0, 0.05) is 12.2 Å². The standard InChI is InChI=1S/C14H20FN/c1-3-4-5-6-7-8-16-14-10-12(2)9-13(15)11-14/h3,9-11,16H,1,4-8H2,2H3. The summed E-state index contributed by atoms with van der Waals surface area (Å²) in [6, 6.07) is 5.04. The van der Waals surface area contributed by atoms with Gasteiger partial charge >= 0.3 is 0 Å². The van der Waals surface area contributed by atoms with Gasteiger partial charge in [0.2, 0.25) is 0 Å². The number of anilines is 1. The van der Waals surface area contributed by atoms with Crippen LogP contribution in [0.2, 0.25) is 0 Å². The van der Waals surface area contributed by atoms with Crippen LogP contribution in [0, 0.1) is 12.7 Å². The van der Waals surface area contributed by atoms with E-state index in [1.807, 2.05) is 19.1 Å². The van der Waals surface area contributed by atoms with Gasteiger partial charge in [0.15, 0.2) is 0 Å². The molecule has 0 aromatic heterocycles. The van der Waals surface area contributed by atoms with Crippen LogP contribution < -0.4 is 5.32 Å². The van der Waals surface area contributed by atoms with Crippen molar-refractivity contribution in [2.24, 2.45) is 0 Å². The summed E-state index contributed by atoms with van der Waals surface area (Å²) in [5, 5.41) is 3.24. The number of nitrogens with one attached hydrogen (secondary N) is 1. The number of allylic oxidation sites excluding steroid dienone is 1. The third-order valence-electron chi connectivity index (χ3n) is 2.46. The van der Waals surface area contributed by atoms with Crippen LogP contribution >= 0.6 is 0 Å². The van der Waals surface area contributed by atoms with Gasteiger partial charge in [-0.05, 0) is 49.9 Å². The second-order valence-corrected chi connectivity index (χ2v) is 4.08. The first-order chi connectivity index (χ1) is 7.72. The minimum atomic E-state index is -0.172. The summed E-state index contributed by atoms with van der Waals surface area (Å²) >= 11 is 0. The lowest BCUT2D eigenvalue weighted by Crippen LogP contribution is -2.01. The summed E-state index contributed by atoms with van der Waals surface area (Å²) in [7, 11) is 0. The van der Waals surface area contributed by atoms with Gasteiger partial charge in [0.25, 0.3) is 0 Å². The summed E-state index contributed by atoms with van der Waals surface area (Å²) in [6.45, 7) is 6.49. The first-order valence-corrected chi connectivity index (χ1v) is 5.84. The topological polar surface area (TPSA) is 12.0 Å². The van der Waals surface area contributed by atoms with E-state index in [-0.39, 0.29) is 5.82 Å². The molecule has 0 amide bonds. The zero-order valence-electron chi connectivity index (χ0n) is 9.93. The fourth-order valence-electron chi connectivity index (χ4n) is 1.66. The van der Waals surface area contributed by atoms with Crippen molar-refractivity contribution in [3.05, 3.63) is 42.2 Å². The van der Waals surface area contributed by atoms with Gasteiger partial charge in [0.05, 0.1) is 0 Å². The summed E-state index contributed by atoms with van der Waals surface area (Å²) < 4.78 is 13.1. The van der Waals surface area contributed by atoms with Crippen LogP contribution in [0.15, 0.2) is 30.9 Å². The molecule has 0 saturated carbocycles. The summed E-state index contributed by atoms with van der Waals surface area (Å²) in [5.41, 5.74) is 1.83. The Labute approximate surface area is 97.4 Å². The minimum absolute atomic E-state index is 0.172. The maximum Gasteiger partial charge on any atom is 0.125 e. The zero-order chi connectivity index (χ0) is 11.8. The average molecular weight is 221 g/mol. The Kier molecular flexibility index (Phi) is 5.62. The van der Waals surface area contributed by atoms with E-state index in [0.717, 1.165) is 30.6 Å². The molecule has 0 aliphatic carbocycles. The minimum Gasteiger partial charge on any atom is -0.385 e. The maximum absolute atomic E-state index is 13.1. The molecule has 0 spiro atoms. The monoisotopic (exact) mass is 221 g/mol. The molecule has 88 valence electrons. The van der Waals surface area contributed by atoms with Gasteiger partial charge in [-0.25, -0.2) is 4.39 Å². The highest BCUT2D eigenvalue weighted by Gasteiger charge is 1.97. The van der Waals surface area contributed by atoms with Gasteiger partial charge in [-0.2, -0.15) is 0 Å². The van der Waals surface area contributed by atoms with E-state index in [9.17, 15) is 4.39 Å². The molecule has 1 nitrogen and oxygen atoms in total. The summed E-state index contributed by atoms with van der Waals surface area (Å²) in [6.07, 6.45) is 6.52. The number of rotatable bonds is 7. The number of aryl methyl sites for hydroxylation is 1. The van der Waals surface area contributed by atoms with Gasteiger partial charge in [-0.3, -0.25) is 0 Å². The molecule has 1 rings (SSSR count). The largest absolute Gasteiger partial charge is 0.385 e. The van der Waals surface area contributed by atoms with Crippen molar-refractivity contribution < 1.29 is 4.39 Å². The van der Waals surface area contributed by atoms with E-state index < -0.39 is 0 Å². The van der Waals surface area contributed by atoms with Gasteiger partial charge in [0.1, 0.15) is 5.82 Å². The molecule has 0 fully saturated rings. The Hall–Kier alpha value is -1.31. The smallest absolute Gasteiger partial charge is 0.125 e. The van der Waals surface area contributed by atoms with E-state index >= 15 is 0 Å². The molecule has 16 heavy (non-hydrogen) atoms. The molecule has 1 aromatic carbocycles. The third kappa shape index (κ3) is 4.96. The summed E-state index contributed by atoms with van der Waals surface area (Å²) in [5.74, 6) is -0.172. The SMILES string of the molecule is C=CCCCCCNc1cc(C)cc(F)c1. The number of hydrogen-bond acceptors (Lipinski definition) is 1. The highest BCUT2D eigenvalue weighted by atomic mass is 19.1. The van der Waals surface area contributed by atoms with Crippen molar-refractivity contribution in [2.45, 2.75) is 32.6 Å². The van der Waals surface area contributed by atoms with Gasteiger partial charge < -0.3 is 5.32 Å². The van der Waals surface area contributed by atoms with Crippen molar-refractivity contribution in [1.29, 1.82) is 0 Å². The van der Waals surface area contributed by atoms with E-state index in [4.69, 9.17) is 0 Å². The van der Waals surface area contributed by atoms with Crippen LogP contribution in [0.25, 0.3) is 0 Å². The molecular weight excluding hydrogens is 201 g/mol. The molecule has 0 saturated heterocycles. The molecule has 0 unspecified atom stereocenters. The lowest BCUT2D eigenvalue weighted by Gasteiger charge is -2.07. The highest BCUT2D eigenvalue weighted by Crippen LogP contribution is 2.13. The molecule has 0 aliphatic rings. The molecule has 0 radical (unpaired) electrons. The normalized spacial score (nSPS) is 10.1. The molecule has 0 heterocycles. The second kappa shape index (κ2) is 7.04. The Bertz CT molecular complexity index is 313. The van der Waals surface area contributed by atoms with Crippen molar-refractivity contribution in [3.8, 4) is 0 Å². The van der Waals surface area contributed by atoms with E-state index in [1.54, 1.807) is 0 Å². The fourth-order valence-corrected chi connectivity index (χ4v) is 1.66. The van der Waals surface area contributed by atoms with Crippen LogP contribution in [-0.4, -0.2) is 6.54 Å². The van der Waals surface area contributed by atoms with Crippen LogP contribution in [-0.2, 0) is 0 Å². The fraction of sp³-hybridized carbons (Fsp3) is 0.429. The first kappa shape index (κ1) is 12.8. The second-order valence-electron chi connectivity index (χ2n) is 4.08. The van der Waals surface area contributed by atoms with Crippen molar-refractivity contribution in [2.75, 3.05) is 11.9 Å². The first-order valence-electron chi connectivity index (χ1n) is 5.84. The maximum atomic E-state index is 13.1. The van der Waals surface area contributed by atoms with Gasteiger partial charge in [-0.15, -0.1) is 6.58 Å². The van der Waals surface area contributed by atoms with Crippen LogP contribution in [0.3, 0.4) is 0 Å². The van der Waals surface area contributed by atoms with E-state index in [2.05, 4.69) is 11.9 Å². The predicted octanol–water partition coefficient (Wildman–Crippen LogP) is 4.29.